The molecule has 0 aliphatic heterocycles. The summed E-state index contributed by atoms with van der Waals surface area (Å²) in [5.74, 6) is 0.508. The first-order valence-electron chi connectivity index (χ1n) is 6.37. The quantitative estimate of drug-likeness (QED) is 0.386. The molecule has 0 atom stereocenters. The van der Waals surface area contributed by atoms with Gasteiger partial charge in [0.2, 0.25) is 0 Å². The molecule has 1 aromatic carbocycles. The Morgan fingerprint density at radius 1 is 1.17 bits per heavy atom. The smallest absolute Gasteiger partial charge is 0.275 e. The van der Waals surface area contributed by atoms with E-state index in [0.717, 1.165) is 25.7 Å². The lowest BCUT2D eigenvalue weighted by Gasteiger charge is -2.17. The van der Waals surface area contributed by atoms with Gasteiger partial charge in [0, 0.05) is 17.8 Å². The van der Waals surface area contributed by atoms with E-state index in [9.17, 15) is 10.1 Å². The molecule has 2 N–H and O–H groups in total. The number of nitrogens with zero attached hydrogens (tertiary/aromatic N) is 1. The van der Waals surface area contributed by atoms with Crippen LogP contribution in [-0.2, 0) is 0 Å². The molecule has 0 saturated heterocycles. The second-order valence-electron chi connectivity index (χ2n) is 4.75. The first kappa shape index (κ1) is 12.7. The molecule has 1 saturated carbocycles. The number of nitro benzene ring substituents is 1. The SMILES string of the molecule is Nc1cc(OC2CCCCCC2)cc([N+](=O)[O-])c1. The molecule has 0 amide bonds. The molecular formula is C13H18N2O3. The van der Waals surface area contributed by atoms with E-state index in [2.05, 4.69) is 0 Å². The van der Waals surface area contributed by atoms with Crippen molar-refractivity contribution in [2.45, 2.75) is 44.6 Å². The summed E-state index contributed by atoms with van der Waals surface area (Å²) in [6, 6.07) is 4.44. The zero-order chi connectivity index (χ0) is 13.0. The minimum atomic E-state index is -0.448. The Morgan fingerprint density at radius 2 is 1.83 bits per heavy atom. The van der Waals surface area contributed by atoms with Gasteiger partial charge in [-0.15, -0.1) is 0 Å². The van der Waals surface area contributed by atoms with Gasteiger partial charge in [-0.25, -0.2) is 0 Å². The van der Waals surface area contributed by atoms with Crippen molar-refractivity contribution in [1.29, 1.82) is 0 Å². The van der Waals surface area contributed by atoms with Crippen molar-refractivity contribution in [2.24, 2.45) is 0 Å². The van der Waals surface area contributed by atoms with E-state index in [1.807, 2.05) is 0 Å². The van der Waals surface area contributed by atoms with E-state index in [1.165, 1.54) is 25.0 Å². The monoisotopic (exact) mass is 250 g/mol. The number of nitrogen functional groups attached to an aromatic ring is 1. The van der Waals surface area contributed by atoms with Crippen molar-refractivity contribution >= 4 is 11.4 Å². The van der Waals surface area contributed by atoms with Crippen LogP contribution in [0.3, 0.4) is 0 Å². The Bertz CT molecular complexity index is 426. The summed E-state index contributed by atoms with van der Waals surface area (Å²) < 4.78 is 5.82. The maximum atomic E-state index is 10.7. The molecule has 0 bridgehead atoms. The molecule has 5 nitrogen and oxygen atoms in total. The fourth-order valence-corrected chi connectivity index (χ4v) is 2.33. The van der Waals surface area contributed by atoms with Gasteiger partial charge in [-0.1, -0.05) is 12.8 Å². The number of nitro groups is 1. The highest BCUT2D eigenvalue weighted by Gasteiger charge is 2.16. The van der Waals surface area contributed by atoms with E-state index in [1.54, 1.807) is 6.07 Å². The normalized spacial score (nSPS) is 17.1. The number of ether oxygens (including phenoxy) is 1. The van der Waals surface area contributed by atoms with Crippen LogP contribution in [0.25, 0.3) is 0 Å². The number of benzene rings is 1. The molecular weight excluding hydrogens is 232 g/mol. The topological polar surface area (TPSA) is 78.4 Å². The third-order valence-electron chi connectivity index (χ3n) is 3.23. The fraction of sp³-hybridized carbons (Fsp3) is 0.538. The third kappa shape index (κ3) is 3.35. The van der Waals surface area contributed by atoms with Crippen molar-refractivity contribution in [3.05, 3.63) is 28.3 Å². The predicted molar refractivity (Wildman–Crippen MR) is 69.6 cm³/mol. The standard InChI is InChI=1S/C13H18N2O3/c14-10-7-11(15(16)17)9-13(8-10)18-12-5-3-1-2-4-6-12/h7-9,12H,1-6,14H2. The van der Waals surface area contributed by atoms with E-state index >= 15 is 0 Å². The number of hydrogen-bond acceptors (Lipinski definition) is 4. The molecule has 2 rings (SSSR count). The molecule has 5 heteroatoms. The molecule has 1 aliphatic rings. The van der Waals surface area contributed by atoms with Crippen LogP contribution in [0.2, 0.25) is 0 Å². The maximum absolute atomic E-state index is 10.7. The minimum Gasteiger partial charge on any atom is -0.490 e. The third-order valence-corrected chi connectivity index (χ3v) is 3.23. The van der Waals surface area contributed by atoms with E-state index < -0.39 is 4.92 Å². The largest absolute Gasteiger partial charge is 0.490 e. The van der Waals surface area contributed by atoms with Crippen molar-refractivity contribution in [3.8, 4) is 5.75 Å². The van der Waals surface area contributed by atoms with Crippen molar-refractivity contribution in [2.75, 3.05) is 5.73 Å². The molecule has 1 fully saturated rings. The zero-order valence-electron chi connectivity index (χ0n) is 10.3. The first-order valence-corrected chi connectivity index (χ1v) is 6.37. The van der Waals surface area contributed by atoms with Crippen LogP contribution >= 0.6 is 0 Å². The molecule has 0 aromatic heterocycles. The van der Waals surface area contributed by atoms with Crippen LogP contribution in [0, 0.1) is 10.1 Å². The minimum absolute atomic E-state index is 0.0152. The highest BCUT2D eigenvalue weighted by Crippen LogP contribution is 2.28. The van der Waals surface area contributed by atoms with Crippen LogP contribution in [0.4, 0.5) is 11.4 Å². The molecule has 0 radical (unpaired) electrons. The summed E-state index contributed by atoms with van der Waals surface area (Å²) in [6.07, 6.45) is 7.01. The van der Waals surface area contributed by atoms with Gasteiger partial charge in [-0.3, -0.25) is 10.1 Å². The fourth-order valence-electron chi connectivity index (χ4n) is 2.33. The molecule has 0 spiro atoms. The van der Waals surface area contributed by atoms with Gasteiger partial charge in [0.05, 0.1) is 17.1 Å². The molecule has 1 aliphatic carbocycles. The summed E-state index contributed by atoms with van der Waals surface area (Å²) in [5.41, 5.74) is 6.00. The lowest BCUT2D eigenvalue weighted by atomic mass is 10.1. The maximum Gasteiger partial charge on any atom is 0.275 e. The predicted octanol–water partition coefficient (Wildman–Crippen LogP) is 3.28. The van der Waals surface area contributed by atoms with Crippen molar-refractivity contribution in [3.63, 3.8) is 0 Å². The molecule has 1 aromatic rings. The lowest BCUT2D eigenvalue weighted by molar-refractivity contribution is -0.384. The van der Waals surface area contributed by atoms with Crippen LogP contribution < -0.4 is 10.5 Å². The Kier molecular flexibility index (Phi) is 4.02. The van der Waals surface area contributed by atoms with Crippen LogP contribution in [0.1, 0.15) is 38.5 Å². The summed E-state index contributed by atoms with van der Waals surface area (Å²) in [6.45, 7) is 0. The average Bonchev–Trinajstić information content (AvgIpc) is 2.57. The van der Waals surface area contributed by atoms with E-state index in [-0.39, 0.29) is 11.8 Å². The van der Waals surface area contributed by atoms with Crippen molar-refractivity contribution < 1.29 is 9.66 Å². The molecule has 98 valence electrons. The first-order chi connectivity index (χ1) is 8.65. The summed E-state index contributed by atoms with van der Waals surface area (Å²) >= 11 is 0. The van der Waals surface area contributed by atoms with Gasteiger partial charge in [0.15, 0.2) is 0 Å². The highest BCUT2D eigenvalue weighted by atomic mass is 16.6. The number of hydrogen-bond donors (Lipinski definition) is 1. The molecule has 0 heterocycles. The van der Waals surface area contributed by atoms with Crippen LogP contribution in [0.5, 0.6) is 5.75 Å². The lowest BCUT2D eigenvalue weighted by Crippen LogP contribution is -2.15. The second kappa shape index (κ2) is 5.71. The van der Waals surface area contributed by atoms with Crippen LogP contribution in [-0.4, -0.2) is 11.0 Å². The van der Waals surface area contributed by atoms with Gasteiger partial charge in [0.25, 0.3) is 5.69 Å². The summed E-state index contributed by atoms with van der Waals surface area (Å²) in [5, 5.41) is 10.7. The van der Waals surface area contributed by atoms with E-state index in [4.69, 9.17) is 10.5 Å². The van der Waals surface area contributed by atoms with Gasteiger partial charge in [0.1, 0.15) is 5.75 Å². The molecule has 0 unspecified atom stereocenters. The number of anilines is 1. The van der Waals surface area contributed by atoms with Crippen molar-refractivity contribution in [1.82, 2.24) is 0 Å². The summed E-state index contributed by atoms with van der Waals surface area (Å²) in [7, 11) is 0. The van der Waals surface area contributed by atoms with Crippen LogP contribution in [0.15, 0.2) is 18.2 Å². The van der Waals surface area contributed by atoms with Gasteiger partial charge < -0.3 is 10.5 Å². The Labute approximate surface area is 106 Å². The highest BCUT2D eigenvalue weighted by molar-refractivity contribution is 5.53. The molecule has 18 heavy (non-hydrogen) atoms. The Balaban J connectivity index is 2.10. The zero-order valence-corrected chi connectivity index (χ0v) is 10.3. The van der Waals surface area contributed by atoms with E-state index in [0.29, 0.717) is 11.4 Å². The average molecular weight is 250 g/mol. The van der Waals surface area contributed by atoms with Gasteiger partial charge in [-0.05, 0) is 25.7 Å². The van der Waals surface area contributed by atoms with Gasteiger partial charge in [-0.2, -0.15) is 0 Å². The number of non-ortho nitro benzene ring substituents is 1. The number of rotatable bonds is 3. The Hall–Kier alpha value is -1.78. The Morgan fingerprint density at radius 3 is 2.44 bits per heavy atom. The summed E-state index contributed by atoms with van der Waals surface area (Å²) in [4.78, 5) is 10.3. The number of nitrogens with two attached hydrogens (primary N) is 1. The second-order valence-corrected chi connectivity index (χ2v) is 4.75. The van der Waals surface area contributed by atoms with Gasteiger partial charge >= 0.3 is 0 Å².